The van der Waals surface area contributed by atoms with E-state index in [1.54, 1.807) is 0 Å². The fraction of sp³-hybridized carbons (Fsp3) is 1.00. The molecule has 0 fully saturated rings. The Morgan fingerprint density at radius 1 is 1.40 bits per heavy atom. The first-order valence-electron chi connectivity index (χ1n) is 1.37. The first-order valence-corrected chi connectivity index (χ1v) is 5.43. The molecule has 2 heteroatoms. The van der Waals surface area contributed by atoms with Gasteiger partial charge < -0.3 is 0 Å². The van der Waals surface area contributed by atoms with Crippen molar-refractivity contribution in [2.75, 3.05) is 0 Å². The molecule has 0 unspecified atom stereocenters. The van der Waals surface area contributed by atoms with Crippen LogP contribution < -0.4 is 0 Å². The van der Waals surface area contributed by atoms with Gasteiger partial charge in [0.25, 0.3) is 0 Å². The summed E-state index contributed by atoms with van der Waals surface area (Å²) < 4.78 is 0. The molecule has 5 heavy (non-hydrogen) atoms. The number of halogens is 1. The first-order chi connectivity index (χ1) is 1.73. The lowest BCUT2D eigenvalue weighted by Crippen LogP contribution is -1.78. The molecule has 0 amide bonds. The summed E-state index contributed by atoms with van der Waals surface area (Å²) in [4.78, 5) is 0. The minimum atomic E-state index is -0.667. The second-order valence-electron chi connectivity index (χ2n) is 1.01. The topological polar surface area (TPSA) is 0 Å². The molecule has 0 saturated heterocycles. The fourth-order valence-electron chi connectivity index (χ4n) is 0. The second kappa shape index (κ2) is 4.51. The molecule has 0 aliphatic carbocycles. The lowest BCUT2D eigenvalue weighted by atomic mass is 11.9. The summed E-state index contributed by atoms with van der Waals surface area (Å²) in [7, 11) is -0.667. The maximum absolute atomic E-state index is 5.41. The molecule has 0 heterocycles. The van der Waals surface area contributed by atoms with Crippen molar-refractivity contribution in [3.05, 3.63) is 0 Å². The normalized spacial score (nSPS) is 7.20. The Labute approximate surface area is 40.5 Å². The van der Waals surface area contributed by atoms with Crippen molar-refractivity contribution in [1.29, 1.82) is 0 Å². The Hall–Kier alpha value is 0.507. The summed E-state index contributed by atoms with van der Waals surface area (Å²) in [5, 5.41) is 0. The fourth-order valence-corrected chi connectivity index (χ4v) is 0. The van der Waals surface area contributed by atoms with E-state index in [2.05, 4.69) is 13.1 Å². The van der Waals surface area contributed by atoms with Crippen molar-refractivity contribution >= 4 is 19.2 Å². The number of hydrogen-bond acceptors (Lipinski definition) is 0. The highest BCUT2D eigenvalue weighted by Gasteiger charge is 1.76. The SMILES string of the molecule is C.C[SiH](C)Cl. The summed E-state index contributed by atoms with van der Waals surface area (Å²) in [6.45, 7) is 4.14. The van der Waals surface area contributed by atoms with Gasteiger partial charge in [0.2, 0.25) is 0 Å². The van der Waals surface area contributed by atoms with Crippen LogP contribution in [0.25, 0.3) is 0 Å². The van der Waals surface area contributed by atoms with Gasteiger partial charge in [-0.05, 0) is 0 Å². The van der Waals surface area contributed by atoms with Crippen LogP contribution in [0.3, 0.4) is 0 Å². The van der Waals surface area contributed by atoms with E-state index in [4.69, 9.17) is 11.1 Å². The van der Waals surface area contributed by atoms with E-state index in [1.807, 2.05) is 0 Å². The van der Waals surface area contributed by atoms with Gasteiger partial charge in [0, 0.05) is 0 Å². The standard InChI is InChI=1S/C2H7ClSi.CH4/c1-4(2)3;/h4H,1-2H3;1H4. The third-order valence-corrected chi connectivity index (χ3v) is 0. The van der Waals surface area contributed by atoms with Crippen LogP contribution in [0.15, 0.2) is 0 Å². The molecule has 0 radical (unpaired) electrons. The molecule has 0 nitrogen and oxygen atoms in total. The van der Waals surface area contributed by atoms with Crippen molar-refractivity contribution in [3.63, 3.8) is 0 Å². The monoisotopic (exact) mass is 110 g/mol. The third kappa shape index (κ3) is 110. The summed E-state index contributed by atoms with van der Waals surface area (Å²) >= 11 is 5.41. The molecular formula is C3H11ClSi. The summed E-state index contributed by atoms with van der Waals surface area (Å²) in [5.74, 6) is 0. The zero-order valence-electron chi connectivity index (χ0n) is 2.96. The third-order valence-electron chi connectivity index (χ3n) is 0. The first kappa shape index (κ1) is 9.10. The van der Waals surface area contributed by atoms with Crippen LogP contribution in [0, 0.1) is 0 Å². The molecule has 0 aliphatic heterocycles. The molecular weight excluding hydrogens is 99.6 g/mol. The Morgan fingerprint density at radius 2 is 1.40 bits per heavy atom. The molecule has 0 bridgehead atoms. The highest BCUT2D eigenvalue weighted by atomic mass is 35.6. The van der Waals surface area contributed by atoms with E-state index < -0.39 is 8.11 Å². The van der Waals surface area contributed by atoms with Gasteiger partial charge in [-0.1, -0.05) is 20.5 Å². The van der Waals surface area contributed by atoms with E-state index in [-0.39, 0.29) is 7.43 Å². The van der Waals surface area contributed by atoms with E-state index >= 15 is 0 Å². The highest BCUT2D eigenvalue weighted by Crippen LogP contribution is 1.79. The van der Waals surface area contributed by atoms with Crippen molar-refractivity contribution in [3.8, 4) is 0 Å². The van der Waals surface area contributed by atoms with Crippen LogP contribution >= 0.6 is 11.1 Å². The van der Waals surface area contributed by atoms with Crippen molar-refractivity contribution in [1.82, 2.24) is 0 Å². The van der Waals surface area contributed by atoms with Crippen molar-refractivity contribution in [2.24, 2.45) is 0 Å². The second-order valence-corrected chi connectivity index (χ2v) is 5.66. The molecule has 34 valence electrons. The Balaban J connectivity index is 0. The van der Waals surface area contributed by atoms with Crippen LogP contribution in [0.2, 0.25) is 13.1 Å². The van der Waals surface area contributed by atoms with Gasteiger partial charge in [-0.3, -0.25) is 0 Å². The molecule has 0 N–H and O–H groups in total. The average molecular weight is 111 g/mol. The molecule has 0 saturated carbocycles. The lowest BCUT2D eigenvalue weighted by molar-refractivity contribution is 2.10. The zero-order chi connectivity index (χ0) is 3.58. The molecule has 0 rings (SSSR count). The number of rotatable bonds is 0. The largest absolute Gasteiger partial charge is 0.172 e. The number of hydrogen-bond donors (Lipinski definition) is 0. The molecule has 0 spiro atoms. The van der Waals surface area contributed by atoms with E-state index in [0.717, 1.165) is 0 Å². The molecule has 0 aromatic rings. The van der Waals surface area contributed by atoms with Crippen LogP contribution in [-0.2, 0) is 0 Å². The highest BCUT2D eigenvalue weighted by molar-refractivity contribution is 7.05. The van der Waals surface area contributed by atoms with E-state index in [1.165, 1.54) is 0 Å². The van der Waals surface area contributed by atoms with Crippen LogP contribution in [-0.4, -0.2) is 8.11 Å². The molecule has 0 aromatic carbocycles. The van der Waals surface area contributed by atoms with E-state index in [9.17, 15) is 0 Å². The maximum atomic E-state index is 5.41. The zero-order valence-corrected chi connectivity index (χ0v) is 4.87. The van der Waals surface area contributed by atoms with Crippen molar-refractivity contribution in [2.45, 2.75) is 20.5 Å². The predicted molar refractivity (Wildman–Crippen MR) is 31.5 cm³/mol. The Morgan fingerprint density at radius 3 is 1.40 bits per heavy atom. The van der Waals surface area contributed by atoms with Gasteiger partial charge in [-0.2, -0.15) is 11.1 Å². The average Bonchev–Trinajstić information content (AvgIpc) is 0.811. The summed E-state index contributed by atoms with van der Waals surface area (Å²) in [6.07, 6.45) is 0. The Kier molecular flexibility index (Phi) is 8.20. The van der Waals surface area contributed by atoms with Crippen molar-refractivity contribution < 1.29 is 0 Å². The van der Waals surface area contributed by atoms with Gasteiger partial charge in [0.15, 0.2) is 0 Å². The van der Waals surface area contributed by atoms with Crippen LogP contribution in [0.1, 0.15) is 7.43 Å². The van der Waals surface area contributed by atoms with Crippen LogP contribution in [0.5, 0.6) is 0 Å². The van der Waals surface area contributed by atoms with Gasteiger partial charge in [-0.25, -0.2) is 0 Å². The maximum Gasteiger partial charge on any atom is 0.134 e. The van der Waals surface area contributed by atoms with Gasteiger partial charge in [-0.15, -0.1) is 0 Å². The summed E-state index contributed by atoms with van der Waals surface area (Å²) in [5.41, 5.74) is 0. The lowest BCUT2D eigenvalue weighted by Gasteiger charge is -1.72. The smallest absolute Gasteiger partial charge is 0.134 e. The summed E-state index contributed by atoms with van der Waals surface area (Å²) in [6, 6.07) is 0. The Bertz CT molecular complexity index is 11.6. The minimum Gasteiger partial charge on any atom is -0.172 e. The van der Waals surface area contributed by atoms with E-state index in [0.29, 0.717) is 0 Å². The van der Waals surface area contributed by atoms with Gasteiger partial charge in [0.05, 0.1) is 0 Å². The predicted octanol–water partition coefficient (Wildman–Crippen LogP) is 1.84. The van der Waals surface area contributed by atoms with Gasteiger partial charge >= 0.3 is 0 Å². The molecule has 0 aromatic heterocycles. The van der Waals surface area contributed by atoms with Gasteiger partial charge in [0.1, 0.15) is 8.11 Å². The minimum absolute atomic E-state index is 0. The quantitative estimate of drug-likeness (QED) is 0.330. The van der Waals surface area contributed by atoms with Crippen LogP contribution in [0.4, 0.5) is 0 Å². The molecule has 0 atom stereocenters. The molecule has 0 aliphatic rings.